The van der Waals surface area contributed by atoms with Crippen molar-refractivity contribution in [3.05, 3.63) is 162 Å². The molecule has 6 aromatic carbocycles. The molecule has 0 amide bonds. The first-order chi connectivity index (χ1) is 26.0. The minimum absolute atomic E-state index is 0.152. The van der Waals surface area contributed by atoms with Crippen molar-refractivity contribution in [3.63, 3.8) is 0 Å². The number of rotatable bonds is 7. The normalized spacial score (nSPS) is 21.4. The molecule has 1 heteroatoms. The maximum absolute atomic E-state index is 2.56. The molecule has 0 aromatic heterocycles. The van der Waals surface area contributed by atoms with Crippen LogP contribution in [0, 0.1) is 5.92 Å². The number of hydrogen-bond donors (Lipinski definition) is 0. The van der Waals surface area contributed by atoms with Crippen LogP contribution in [0.5, 0.6) is 0 Å². The van der Waals surface area contributed by atoms with Crippen molar-refractivity contribution in [1.29, 1.82) is 0 Å². The molecule has 3 saturated carbocycles. The van der Waals surface area contributed by atoms with Crippen molar-refractivity contribution in [2.24, 2.45) is 5.92 Å². The second-order valence-corrected chi connectivity index (χ2v) is 17.3. The summed E-state index contributed by atoms with van der Waals surface area (Å²) in [6.07, 6.45) is 13.6. The fraction of sp³-hybridized carbons (Fsp3) is 0.308. The fourth-order valence-corrected chi connectivity index (χ4v) is 10.9. The van der Waals surface area contributed by atoms with Crippen LogP contribution in [0.15, 0.2) is 140 Å². The summed E-state index contributed by atoms with van der Waals surface area (Å²) < 4.78 is 0. The summed E-state index contributed by atoms with van der Waals surface area (Å²) in [5, 5.41) is 0. The lowest BCUT2D eigenvalue weighted by Crippen LogP contribution is -2.20. The molecule has 4 aliphatic carbocycles. The highest BCUT2D eigenvalue weighted by molar-refractivity contribution is 5.95. The average Bonchev–Trinajstić information content (AvgIpc) is 3.91. The van der Waals surface area contributed by atoms with Crippen molar-refractivity contribution in [2.75, 3.05) is 4.90 Å². The van der Waals surface area contributed by atoms with E-state index in [9.17, 15) is 0 Å². The topological polar surface area (TPSA) is 3.24 Å². The second kappa shape index (κ2) is 12.9. The van der Waals surface area contributed by atoms with Crippen molar-refractivity contribution in [3.8, 4) is 33.4 Å². The Bertz CT molecular complexity index is 2250. The van der Waals surface area contributed by atoms with Crippen LogP contribution >= 0.6 is 0 Å². The molecular formula is C52H51N. The molecule has 10 rings (SSSR count). The molecule has 53 heavy (non-hydrogen) atoms. The maximum atomic E-state index is 2.56. The predicted molar refractivity (Wildman–Crippen MR) is 224 cm³/mol. The van der Waals surface area contributed by atoms with Gasteiger partial charge in [0.2, 0.25) is 0 Å². The monoisotopic (exact) mass is 689 g/mol. The van der Waals surface area contributed by atoms with Gasteiger partial charge >= 0.3 is 0 Å². The summed E-state index contributed by atoms with van der Waals surface area (Å²) in [7, 11) is 0. The van der Waals surface area contributed by atoms with E-state index in [2.05, 4.69) is 158 Å². The Labute approximate surface area is 316 Å². The lowest BCUT2D eigenvalue weighted by atomic mass is 9.78. The van der Waals surface area contributed by atoms with Gasteiger partial charge in [-0.15, -0.1) is 0 Å². The zero-order valence-electron chi connectivity index (χ0n) is 31.5. The van der Waals surface area contributed by atoms with Gasteiger partial charge < -0.3 is 4.90 Å². The zero-order valence-corrected chi connectivity index (χ0v) is 31.5. The molecule has 0 atom stereocenters. The summed E-state index contributed by atoms with van der Waals surface area (Å²) in [5.41, 5.74) is 17.6. The summed E-state index contributed by atoms with van der Waals surface area (Å²) in [4.78, 5) is 2.56. The first-order valence-electron chi connectivity index (χ1n) is 20.4. The van der Waals surface area contributed by atoms with Crippen LogP contribution in [-0.4, -0.2) is 0 Å². The van der Waals surface area contributed by atoms with Crippen LogP contribution in [0.3, 0.4) is 0 Å². The van der Waals surface area contributed by atoms with E-state index in [-0.39, 0.29) is 5.41 Å². The molecule has 6 aromatic rings. The molecule has 0 radical (unpaired) electrons. The van der Waals surface area contributed by atoms with E-state index >= 15 is 0 Å². The molecule has 0 unspecified atom stereocenters. The quantitative estimate of drug-likeness (QED) is 0.161. The standard InChI is InChI=1S/C52H51N/c1-51(2)48-32-41(38-14-8-4-9-15-38)20-27-45(48)47-33-46(40-16-10-5-11-17-40)50(34-49(47)51)53(43-23-18-39(19-24-43)37-12-6-3-7-13-37)44-25-21-42(22-26-44)52-30-28-36(35-52)29-31-52/h4-5,8-11,14-27,32-34,36-37H,3,6-7,12-13,28-31,35H2,1-2H3. The van der Waals surface area contributed by atoms with Gasteiger partial charge in [0.25, 0.3) is 0 Å². The van der Waals surface area contributed by atoms with Gasteiger partial charge in [0, 0.05) is 22.4 Å². The number of benzene rings is 6. The van der Waals surface area contributed by atoms with Crippen molar-refractivity contribution in [1.82, 2.24) is 0 Å². The Hall–Kier alpha value is -4.88. The van der Waals surface area contributed by atoms with E-state index in [1.807, 2.05) is 0 Å². The number of fused-ring (bicyclic) bond motifs is 5. The smallest absolute Gasteiger partial charge is 0.0543 e. The van der Waals surface area contributed by atoms with Gasteiger partial charge in [0.1, 0.15) is 0 Å². The molecule has 3 fully saturated rings. The van der Waals surface area contributed by atoms with Crippen LogP contribution in [0.4, 0.5) is 17.1 Å². The summed E-state index contributed by atoms with van der Waals surface area (Å²) in [5.74, 6) is 1.62. The zero-order chi connectivity index (χ0) is 35.6. The van der Waals surface area contributed by atoms with Crippen LogP contribution in [-0.2, 0) is 10.8 Å². The largest absolute Gasteiger partial charge is 0.310 e. The first-order valence-corrected chi connectivity index (χ1v) is 20.4. The number of nitrogens with zero attached hydrogens (tertiary/aromatic N) is 1. The van der Waals surface area contributed by atoms with E-state index in [0.29, 0.717) is 11.3 Å². The molecule has 2 bridgehead atoms. The van der Waals surface area contributed by atoms with Gasteiger partial charge in [-0.3, -0.25) is 0 Å². The van der Waals surface area contributed by atoms with Crippen LogP contribution < -0.4 is 4.90 Å². The van der Waals surface area contributed by atoms with Gasteiger partial charge in [-0.1, -0.05) is 130 Å². The number of hydrogen-bond acceptors (Lipinski definition) is 1. The van der Waals surface area contributed by atoms with Crippen LogP contribution in [0.25, 0.3) is 33.4 Å². The third-order valence-electron chi connectivity index (χ3n) is 13.9. The van der Waals surface area contributed by atoms with E-state index in [4.69, 9.17) is 0 Å². The number of anilines is 3. The van der Waals surface area contributed by atoms with Gasteiger partial charge in [0.15, 0.2) is 0 Å². The van der Waals surface area contributed by atoms with Gasteiger partial charge in [-0.2, -0.15) is 0 Å². The minimum atomic E-state index is -0.152. The summed E-state index contributed by atoms with van der Waals surface area (Å²) in [6, 6.07) is 53.6. The van der Waals surface area contributed by atoms with Gasteiger partial charge in [-0.05, 0) is 155 Å². The molecule has 0 spiro atoms. The first kappa shape index (κ1) is 32.7. The van der Waals surface area contributed by atoms with E-state index < -0.39 is 0 Å². The van der Waals surface area contributed by atoms with Gasteiger partial charge in [-0.25, -0.2) is 0 Å². The Balaban J connectivity index is 1.14. The molecule has 264 valence electrons. The summed E-state index contributed by atoms with van der Waals surface area (Å²) in [6.45, 7) is 4.85. The molecule has 1 nitrogen and oxygen atoms in total. The SMILES string of the molecule is CC1(C)c2cc(-c3ccccc3)ccc2-c2cc(-c3ccccc3)c(N(c3ccc(C4CCCCC4)cc3)c3ccc(C45CCC(CC4)C5)cc3)cc21. The molecule has 4 aliphatic rings. The average molecular weight is 690 g/mol. The Kier molecular flexibility index (Phi) is 7.97. The predicted octanol–water partition coefficient (Wildman–Crippen LogP) is 14.7. The molecule has 0 heterocycles. The Morgan fingerprint density at radius 2 is 1.13 bits per heavy atom. The maximum Gasteiger partial charge on any atom is 0.0543 e. The third kappa shape index (κ3) is 5.58. The highest BCUT2D eigenvalue weighted by Crippen LogP contribution is 2.57. The third-order valence-corrected chi connectivity index (χ3v) is 13.9. The van der Waals surface area contributed by atoms with Crippen molar-refractivity contribution >= 4 is 17.1 Å². The van der Waals surface area contributed by atoms with Crippen LogP contribution in [0.2, 0.25) is 0 Å². The lowest BCUT2D eigenvalue weighted by Gasteiger charge is -2.32. The second-order valence-electron chi connectivity index (χ2n) is 17.3. The molecule has 0 aliphatic heterocycles. The molecule has 0 N–H and O–H groups in total. The minimum Gasteiger partial charge on any atom is -0.310 e. The fourth-order valence-electron chi connectivity index (χ4n) is 10.9. The Morgan fingerprint density at radius 1 is 0.509 bits per heavy atom. The molecular weight excluding hydrogens is 639 g/mol. The van der Waals surface area contributed by atoms with Crippen LogP contribution in [0.1, 0.15) is 106 Å². The van der Waals surface area contributed by atoms with Crippen molar-refractivity contribution in [2.45, 2.75) is 94.8 Å². The lowest BCUT2D eigenvalue weighted by molar-refractivity contribution is 0.419. The van der Waals surface area contributed by atoms with E-state index in [1.54, 1.807) is 5.56 Å². The molecule has 0 saturated heterocycles. The highest BCUT2D eigenvalue weighted by Gasteiger charge is 2.45. The summed E-state index contributed by atoms with van der Waals surface area (Å²) >= 11 is 0. The van der Waals surface area contributed by atoms with Crippen molar-refractivity contribution < 1.29 is 0 Å². The van der Waals surface area contributed by atoms with E-state index in [1.165, 1.54) is 131 Å². The van der Waals surface area contributed by atoms with E-state index in [0.717, 1.165) is 5.92 Å². The van der Waals surface area contributed by atoms with Gasteiger partial charge in [0.05, 0.1) is 5.69 Å². The highest BCUT2D eigenvalue weighted by atomic mass is 15.1. The Morgan fingerprint density at radius 3 is 1.77 bits per heavy atom.